The fourth-order valence-electron chi connectivity index (χ4n) is 3.21. The number of aryl methyl sites for hydroxylation is 3. The van der Waals surface area contributed by atoms with E-state index in [0.717, 1.165) is 18.4 Å². The van der Waals surface area contributed by atoms with Crippen LogP contribution in [-0.2, 0) is 12.8 Å². The van der Waals surface area contributed by atoms with E-state index < -0.39 is 5.91 Å². The van der Waals surface area contributed by atoms with E-state index in [2.05, 4.69) is 15.8 Å². The number of hydrogen-bond donors (Lipinski definition) is 2. The van der Waals surface area contributed by atoms with Gasteiger partial charge in [0.2, 0.25) is 0 Å². The molecule has 4 rings (SSSR count). The molecule has 7 heteroatoms. The van der Waals surface area contributed by atoms with Gasteiger partial charge in [0, 0.05) is 17.3 Å². The molecule has 3 aromatic heterocycles. The van der Waals surface area contributed by atoms with Crippen LogP contribution in [0, 0.1) is 6.92 Å². The van der Waals surface area contributed by atoms with E-state index in [1.165, 1.54) is 41.0 Å². The molecule has 0 radical (unpaired) electrons. The Hall–Kier alpha value is -2.67. The standard InChI is InChI=1S/C19H20N4O2S/c1-12-7-8-23-11-14(20-17(23)9-12)18(24)21-22-19(25)16-10-13-5-3-2-4-6-15(13)26-16/h7-11H,2-6H2,1H3,(H,21,24)(H,22,25). The number of amides is 2. The number of thiophene rings is 1. The quantitative estimate of drug-likeness (QED) is 0.539. The Morgan fingerprint density at radius 1 is 1.12 bits per heavy atom. The summed E-state index contributed by atoms with van der Waals surface area (Å²) in [6.45, 7) is 1.97. The minimum Gasteiger partial charge on any atom is -0.306 e. The van der Waals surface area contributed by atoms with Crippen LogP contribution >= 0.6 is 11.3 Å². The first kappa shape index (κ1) is 16.8. The summed E-state index contributed by atoms with van der Waals surface area (Å²) in [6, 6.07) is 5.80. The van der Waals surface area contributed by atoms with Crippen molar-refractivity contribution in [1.82, 2.24) is 20.2 Å². The molecule has 0 unspecified atom stereocenters. The van der Waals surface area contributed by atoms with Gasteiger partial charge in [-0.3, -0.25) is 20.4 Å². The fourth-order valence-corrected chi connectivity index (χ4v) is 4.36. The summed E-state index contributed by atoms with van der Waals surface area (Å²) in [5.74, 6) is -0.714. The molecule has 6 nitrogen and oxygen atoms in total. The van der Waals surface area contributed by atoms with Gasteiger partial charge in [0.25, 0.3) is 11.8 Å². The van der Waals surface area contributed by atoms with Crippen LogP contribution in [0.25, 0.3) is 5.65 Å². The Bertz CT molecular complexity index is 965. The molecule has 3 heterocycles. The second kappa shape index (κ2) is 6.92. The van der Waals surface area contributed by atoms with Gasteiger partial charge in [-0.1, -0.05) is 6.42 Å². The third kappa shape index (κ3) is 3.35. The minimum absolute atomic E-state index is 0.262. The van der Waals surface area contributed by atoms with E-state index in [9.17, 15) is 9.59 Å². The largest absolute Gasteiger partial charge is 0.306 e. The van der Waals surface area contributed by atoms with Gasteiger partial charge in [0.15, 0.2) is 0 Å². The molecule has 26 heavy (non-hydrogen) atoms. The van der Waals surface area contributed by atoms with Crippen LogP contribution in [0.2, 0.25) is 0 Å². The molecule has 0 fully saturated rings. The molecule has 0 spiro atoms. The number of carbonyl (C=O) groups excluding carboxylic acids is 2. The Kier molecular flexibility index (Phi) is 4.46. The summed E-state index contributed by atoms with van der Waals surface area (Å²) in [5, 5.41) is 0. The number of rotatable bonds is 2. The maximum atomic E-state index is 12.4. The predicted octanol–water partition coefficient (Wildman–Crippen LogP) is 3.05. The van der Waals surface area contributed by atoms with Crippen molar-refractivity contribution in [2.75, 3.05) is 0 Å². The third-order valence-corrected chi connectivity index (χ3v) is 5.84. The summed E-state index contributed by atoms with van der Waals surface area (Å²) in [4.78, 5) is 30.9. The van der Waals surface area contributed by atoms with Gasteiger partial charge < -0.3 is 4.40 Å². The minimum atomic E-state index is -0.433. The second-order valence-electron chi connectivity index (χ2n) is 6.62. The molecule has 0 saturated carbocycles. The lowest BCUT2D eigenvalue weighted by molar-refractivity contribution is 0.0846. The lowest BCUT2D eigenvalue weighted by Crippen LogP contribution is -2.41. The van der Waals surface area contributed by atoms with Crippen molar-refractivity contribution in [1.29, 1.82) is 0 Å². The fraction of sp³-hybridized carbons (Fsp3) is 0.316. The van der Waals surface area contributed by atoms with E-state index in [1.54, 1.807) is 10.6 Å². The monoisotopic (exact) mass is 368 g/mol. The number of carbonyl (C=O) groups is 2. The van der Waals surface area contributed by atoms with Crippen LogP contribution in [0.4, 0.5) is 0 Å². The maximum Gasteiger partial charge on any atom is 0.289 e. The van der Waals surface area contributed by atoms with E-state index in [0.29, 0.717) is 10.5 Å². The van der Waals surface area contributed by atoms with Crippen LogP contribution in [-0.4, -0.2) is 21.2 Å². The van der Waals surface area contributed by atoms with Gasteiger partial charge in [-0.2, -0.15) is 0 Å². The summed E-state index contributed by atoms with van der Waals surface area (Å²) in [6.07, 6.45) is 9.17. The SMILES string of the molecule is Cc1ccn2cc(C(=O)NNC(=O)c3cc4c(s3)CCCCC4)nc2c1. The van der Waals surface area contributed by atoms with E-state index in [-0.39, 0.29) is 11.6 Å². The van der Waals surface area contributed by atoms with Crippen LogP contribution in [0.3, 0.4) is 0 Å². The Balaban J connectivity index is 1.42. The van der Waals surface area contributed by atoms with Gasteiger partial charge >= 0.3 is 0 Å². The van der Waals surface area contributed by atoms with Crippen molar-refractivity contribution in [3.05, 3.63) is 57.2 Å². The van der Waals surface area contributed by atoms with Crippen LogP contribution in [0.5, 0.6) is 0 Å². The molecular formula is C19H20N4O2S. The number of hydrogen-bond acceptors (Lipinski definition) is 4. The van der Waals surface area contributed by atoms with Gasteiger partial charge in [-0.15, -0.1) is 11.3 Å². The molecular weight excluding hydrogens is 348 g/mol. The first-order valence-electron chi connectivity index (χ1n) is 8.78. The number of nitrogens with one attached hydrogen (secondary N) is 2. The number of fused-ring (bicyclic) bond motifs is 2. The normalized spacial score (nSPS) is 13.9. The zero-order valence-corrected chi connectivity index (χ0v) is 15.4. The predicted molar refractivity (Wildman–Crippen MR) is 100 cm³/mol. The first-order valence-corrected chi connectivity index (χ1v) is 9.59. The van der Waals surface area contributed by atoms with Crippen LogP contribution < -0.4 is 10.9 Å². The van der Waals surface area contributed by atoms with Crippen LogP contribution in [0.15, 0.2) is 30.6 Å². The highest BCUT2D eigenvalue weighted by Gasteiger charge is 2.18. The molecule has 1 aliphatic rings. The molecule has 0 aliphatic heterocycles. The molecule has 0 aromatic carbocycles. The number of nitrogens with zero attached hydrogens (tertiary/aromatic N) is 2. The van der Waals surface area contributed by atoms with Gasteiger partial charge in [0.1, 0.15) is 11.3 Å². The Morgan fingerprint density at radius 2 is 1.92 bits per heavy atom. The highest BCUT2D eigenvalue weighted by Crippen LogP contribution is 2.28. The molecule has 2 amide bonds. The molecule has 0 saturated heterocycles. The van der Waals surface area contributed by atoms with E-state index in [4.69, 9.17) is 0 Å². The lowest BCUT2D eigenvalue weighted by atomic mass is 10.1. The van der Waals surface area contributed by atoms with E-state index in [1.807, 2.05) is 31.3 Å². The molecule has 1 aliphatic carbocycles. The highest BCUT2D eigenvalue weighted by molar-refractivity contribution is 7.14. The lowest BCUT2D eigenvalue weighted by Gasteiger charge is -2.04. The molecule has 0 atom stereocenters. The number of imidazole rings is 1. The molecule has 2 N–H and O–H groups in total. The Labute approximate surface area is 155 Å². The van der Waals surface area contributed by atoms with Crippen molar-refractivity contribution in [3.8, 4) is 0 Å². The third-order valence-electron chi connectivity index (χ3n) is 4.61. The average Bonchev–Trinajstić information content (AvgIpc) is 3.17. The van der Waals surface area contributed by atoms with Crippen molar-refractivity contribution in [2.24, 2.45) is 0 Å². The maximum absolute atomic E-state index is 12.4. The van der Waals surface area contributed by atoms with E-state index >= 15 is 0 Å². The zero-order valence-electron chi connectivity index (χ0n) is 14.5. The van der Waals surface area contributed by atoms with Crippen molar-refractivity contribution in [3.63, 3.8) is 0 Å². The number of hydrazine groups is 1. The first-order chi connectivity index (χ1) is 12.6. The Morgan fingerprint density at radius 3 is 2.81 bits per heavy atom. The van der Waals surface area contributed by atoms with Gasteiger partial charge in [-0.25, -0.2) is 4.98 Å². The topological polar surface area (TPSA) is 75.5 Å². The van der Waals surface area contributed by atoms with Gasteiger partial charge in [-0.05, 0) is 61.9 Å². The van der Waals surface area contributed by atoms with Gasteiger partial charge in [0.05, 0.1) is 4.88 Å². The van der Waals surface area contributed by atoms with Crippen molar-refractivity contribution < 1.29 is 9.59 Å². The molecule has 134 valence electrons. The number of aromatic nitrogens is 2. The molecule has 0 bridgehead atoms. The summed E-state index contributed by atoms with van der Waals surface area (Å²) >= 11 is 1.53. The molecule has 3 aromatic rings. The highest BCUT2D eigenvalue weighted by atomic mass is 32.1. The smallest absolute Gasteiger partial charge is 0.289 e. The average molecular weight is 368 g/mol. The zero-order chi connectivity index (χ0) is 18.1. The van der Waals surface area contributed by atoms with Crippen molar-refractivity contribution >= 4 is 28.8 Å². The second-order valence-corrected chi connectivity index (χ2v) is 7.76. The van der Waals surface area contributed by atoms with Crippen molar-refractivity contribution in [2.45, 2.75) is 39.0 Å². The summed E-state index contributed by atoms with van der Waals surface area (Å²) in [7, 11) is 0. The summed E-state index contributed by atoms with van der Waals surface area (Å²) < 4.78 is 1.78. The summed E-state index contributed by atoms with van der Waals surface area (Å²) in [5.41, 5.74) is 8.27. The number of pyridine rings is 1. The van der Waals surface area contributed by atoms with Crippen LogP contribution in [0.1, 0.15) is 55.4 Å².